The van der Waals surface area contributed by atoms with Crippen LogP contribution >= 0.6 is 22.9 Å². The third kappa shape index (κ3) is 2.74. The molecule has 0 bridgehead atoms. The monoisotopic (exact) mass is 321 g/mol. The number of hydrogen-bond donors (Lipinski definition) is 1. The summed E-state index contributed by atoms with van der Waals surface area (Å²) in [6, 6.07) is 5.21. The molecule has 0 atom stereocenters. The molecule has 0 aliphatic heterocycles. The van der Waals surface area contributed by atoms with Gasteiger partial charge in [0.1, 0.15) is 0 Å². The molecule has 1 rings (SSSR count). The van der Waals surface area contributed by atoms with E-state index in [0.717, 1.165) is 0 Å². The molecular formula is C10H12INO3. The first-order valence-corrected chi connectivity index (χ1v) is 5.53. The number of nitrogens with one attached hydrogen (secondary N) is 1. The summed E-state index contributed by atoms with van der Waals surface area (Å²) in [6.45, 7) is 2.35. The van der Waals surface area contributed by atoms with Gasteiger partial charge in [0.05, 0.1) is 42.1 Å². The molecule has 0 heterocycles. The van der Waals surface area contributed by atoms with Gasteiger partial charge in [0.2, 0.25) is 0 Å². The summed E-state index contributed by atoms with van der Waals surface area (Å²) in [7, 11) is 1.55. The molecule has 1 aromatic rings. The van der Waals surface area contributed by atoms with Crippen molar-refractivity contribution >= 4 is 28.8 Å². The summed E-state index contributed by atoms with van der Waals surface area (Å²) in [5.41, 5.74) is 0.477. The Labute approximate surface area is 102 Å². The van der Waals surface area contributed by atoms with E-state index < -0.39 is 0 Å². The van der Waals surface area contributed by atoms with Gasteiger partial charge < -0.3 is 9.47 Å². The van der Waals surface area contributed by atoms with Crippen LogP contribution in [0.4, 0.5) is 0 Å². The molecule has 0 saturated heterocycles. The zero-order valence-corrected chi connectivity index (χ0v) is 10.7. The van der Waals surface area contributed by atoms with Gasteiger partial charge in [-0.3, -0.25) is 8.32 Å². The number of amides is 1. The summed E-state index contributed by atoms with van der Waals surface area (Å²) in [4.78, 5) is 11.5. The molecule has 0 spiro atoms. The molecule has 0 unspecified atom stereocenters. The van der Waals surface area contributed by atoms with Gasteiger partial charge >= 0.3 is 0 Å². The number of benzene rings is 1. The maximum atomic E-state index is 11.5. The van der Waals surface area contributed by atoms with Crippen molar-refractivity contribution in [2.24, 2.45) is 0 Å². The molecule has 82 valence electrons. The second-order valence-electron chi connectivity index (χ2n) is 2.69. The minimum absolute atomic E-state index is 0.196. The molecule has 0 radical (unpaired) electrons. The molecule has 0 saturated carbocycles. The van der Waals surface area contributed by atoms with Crippen molar-refractivity contribution in [3.8, 4) is 11.5 Å². The van der Waals surface area contributed by atoms with Gasteiger partial charge in [-0.1, -0.05) is 6.07 Å². The first kappa shape index (κ1) is 12.1. The molecule has 0 aliphatic carbocycles. The van der Waals surface area contributed by atoms with Gasteiger partial charge in [-0.25, -0.2) is 0 Å². The topological polar surface area (TPSA) is 47.6 Å². The highest BCUT2D eigenvalue weighted by molar-refractivity contribution is 14.1. The minimum atomic E-state index is -0.196. The van der Waals surface area contributed by atoms with Gasteiger partial charge in [-0.05, 0) is 19.1 Å². The molecule has 0 aromatic heterocycles. The number of ether oxygens (including phenoxy) is 2. The van der Waals surface area contributed by atoms with Crippen LogP contribution in [-0.4, -0.2) is 19.6 Å². The average Bonchev–Trinajstić information content (AvgIpc) is 2.28. The Balaban J connectivity index is 3.18. The van der Waals surface area contributed by atoms with Gasteiger partial charge in [0, 0.05) is 0 Å². The molecule has 0 fully saturated rings. The number of carbonyl (C=O) groups is 1. The van der Waals surface area contributed by atoms with Gasteiger partial charge in [-0.2, -0.15) is 0 Å². The van der Waals surface area contributed by atoms with E-state index in [9.17, 15) is 4.79 Å². The average molecular weight is 321 g/mol. The van der Waals surface area contributed by atoms with Crippen molar-refractivity contribution in [2.45, 2.75) is 6.92 Å². The maximum Gasteiger partial charge on any atom is 0.263 e. The normalized spacial score (nSPS) is 9.53. The van der Waals surface area contributed by atoms with Crippen molar-refractivity contribution in [1.82, 2.24) is 3.53 Å². The maximum absolute atomic E-state index is 11.5. The molecular weight excluding hydrogens is 309 g/mol. The zero-order chi connectivity index (χ0) is 11.3. The second-order valence-corrected chi connectivity index (χ2v) is 3.23. The lowest BCUT2D eigenvalue weighted by molar-refractivity contribution is 0.0985. The van der Waals surface area contributed by atoms with Gasteiger partial charge in [0.15, 0.2) is 11.5 Å². The standard InChI is InChI=1S/C10H12INO3/c1-3-15-9-7(10(13)12-11)5-4-6-8(9)14-2/h4-6H,3H2,1-2H3,(H,12,13). The molecule has 1 aromatic carbocycles. The summed E-state index contributed by atoms with van der Waals surface area (Å²) in [5, 5.41) is 0. The Morgan fingerprint density at radius 1 is 1.53 bits per heavy atom. The van der Waals surface area contributed by atoms with E-state index in [4.69, 9.17) is 9.47 Å². The van der Waals surface area contributed by atoms with E-state index in [1.165, 1.54) is 0 Å². The van der Waals surface area contributed by atoms with Crippen LogP contribution in [0.25, 0.3) is 0 Å². The number of methoxy groups -OCH3 is 1. The Morgan fingerprint density at radius 3 is 2.80 bits per heavy atom. The van der Waals surface area contributed by atoms with E-state index in [1.807, 2.05) is 6.92 Å². The first-order chi connectivity index (χ1) is 7.24. The number of hydrogen-bond acceptors (Lipinski definition) is 3. The highest BCUT2D eigenvalue weighted by atomic mass is 127. The molecule has 1 N–H and O–H groups in total. The number of carbonyl (C=O) groups excluding carboxylic acids is 1. The number of halogens is 1. The molecule has 0 aliphatic rings. The Morgan fingerprint density at radius 2 is 2.27 bits per heavy atom. The molecule has 1 amide bonds. The fraction of sp³-hybridized carbons (Fsp3) is 0.300. The van der Waals surface area contributed by atoms with Crippen molar-refractivity contribution in [2.75, 3.05) is 13.7 Å². The van der Waals surface area contributed by atoms with Crippen LogP contribution in [0.5, 0.6) is 11.5 Å². The largest absolute Gasteiger partial charge is 0.493 e. The highest BCUT2D eigenvalue weighted by Gasteiger charge is 2.15. The number of rotatable bonds is 4. The third-order valence-electron chi connectivity index (χ3n) is 1.82. The van der Waals surface area contributed by atoms with Crippen molar-refractivity contribution in [1.29, 1.82) is 0 Å². The van der Waals surface area contributed by atoms with Crippen molar-refractivity contribution in [3.05, 3.63) is 23.8 Å². The predicted molar refractivity (Wildman–Crippen MR) is 65.6 cm³/mol. The van der Waals surface area contributed by atoms with E-state index in [0.29, 0.717) is 23.7 Å². The van der Waals surface area contributed by atoms with Gasteiger partial charge in [-0.15, -0.1) is 0 Å². The van der Waals surface area contributed by atoms with Crippen LogP contribution in [0.3, 0.4) is 0 Å². The van der Waals surface area contributed by atoms with Crippen LogP contribution in [0.1, 0.15) is 17.3 Å². The Bertz CT molecular complexity index is 355. The van der Waals surface area contributed by atoms with E-state index in [-0.39, 0.29) is 5.91 Å². The third-order valence-corrected chi connectivity index (χ3v) is 2.31. The molecule has 4 nitrogen and oxygen atoms in total. The summed E-state index contributed by atoms with van der Waals surface area (Å²) in [6.07, 6.45) is 0. The summed E-state index contributed by atoms with van der Waals surface area (Å²) in [5.74, 6) is 0.851. The Kier molecular flexibility index (Phi) is 4.67. The van der Waals surface area contributed by atoms with E-state index in [1.54, 1.807) is 48.2 Å². The fourth-order valence-corrected chi connectivity index (χ4v) is 1.49. The minimum Gasteiger partial charge on any atom is -0.493 e. The smallest absolute Gasteiger partial charge is 0.263 e. The number of para-hydroxylation sites is 1. The molecule has 15 heavy (non-hydrogen) atoms. The highest BCUT2D eigenvalue weighted by Crippen LogP contribution is 2.31. The van der Waals surface area contributed by atoms with Crippen LogP contribution in [0, 0.1) is 0 Å². The van der Waals surface area contributed by atoms with E-state index >= 15 is 0 Å². The van der Waals surface area contributed by atoms with Gasteiger partial charge in [0.25, 0.3) is 5.91 Å². The van der Waals surface area contributed by atoms with Crippen LogP contribution < -0.4 is 13.0 Å². The first-order valence-electron chi connectivity index (χ1n) is 4.45. The SMILES string of the molecule is CCOc1c(OC)cccc1C(=O)NI. The van der Waals surface area contributed by atoms with Crippen LogP contribution in [0.2, 0.25) is 0 Å². The lowest BCUT2D eigenvalue weighted by atomic mass is 10.2. The quantitative estimate of drug-likeness (QED) is 0.683. The molecule has 5 heteroatoms. The zero-order valence-electron chi connectivity index (χ0n) is 8.54. The summed E-state index contributed by atoms with van der Waals surface area (Å²) >= 11 is 1.79. The lowest BCUT2D eigenvalue weighted by Crippen LogP contribution is -2.14. The van der Waals surface area contributed by atoms with Crippen LogP contribution in [-0.2, 0) is 0 Å². The van der Waals surface area contributed by atoms with Crippen LogP contribution in [0.15, 0.2) is 18.2 Å². The van der Waals surface area contributed by atoms with Crippen molar-refractivity contribution < 1.29 is 14.3 Å². The fourth-order valence-electron chi connectivity index (χ4n) is 1.20. The van der Waals surface area contributed by atoms with Crippen molar-refractivity contribution in [3.63, 3.8) is 0 Å². The summed E-state index contributed by atoms with van der Waals surface area (Å²) < 4.78 is 13.0. The van der Waals surface area contributed by atoms with E-state index in [2.05, 4.69) is 3.53 Å². The Hall–Kier alpha value is -0.980. The lowest BCUT2D eigenvalue weighted by Gasteiger charge is -2.12. The predicted octanol–water partition coefficient (Wildman–Crippen LogP) is 2.17. The second kappa shape index (κ2) is 5.79.